The van der Waals surface area contributed by atoms with Gasteiger partial charge in [0.05, 0.1) is 21.9 Å². The molecule has 0 atom stereocenters. The van der Waals surface area contributed by atoms with Crippen LogP contribution in [0.4, 0.5) is 0 Å². The third kappa shape index (κ3) is 4.99. The Morgan fingerprint density at radius 3 is 2.55 bits per heavy atom. The van der Waals surface area contributed by atoms with Crippen molar-refractivity contribution < 1.29 is 4.79 Å². The van der Waals surface area contributed by atoms with Crippen molar-refractivity contribution in [2.24, 2.45) is 0 Å². The molecule has 0 bridgehead atoms. The van der Waals surface area contributed by atoms with Gasteiger partial charge in [0.1, 0.15) is 11.1 Å². The summed E-state index contributed by atoms with van der Waals surface area (Å²) in [5.74, 6) is 0.289. The quantitative estimate of drug-likeness (QED) is 0.424. The third-order valence-electron chi connectivity index (χ3n) is 4.48. The molecule has 0 N–H and O–H groups in total. The van der Waals surface area contributed by atoms with Gasteiger partial charge in [0.15, 0.2) is 0 Å². The zero-order valence-electron chi connectivity index (χ0n) is 16.2. The molecule has 0 unspecified atom stereocenters. The Labute approximate surface area is 184 Å². The normalized spacial score (nSPS) is 10.6. The lowest BCUT2D eigenvalue weighted by atomic mass is 10.0. The van der Waals surface area contributed by atoms with Crippen LogP contribution >= 0.6 is 34.7 Å². The highest BCUT2D eigenvalue weighted by molar-refractivity contribution is 8.00. The van der Waals surface area contributed by atoms with Gasteiger partial charge in [-0.25, -0.2) is 4.98 Å². The van der Waals surface area contributed by atoms with Gasteiger partial charge in [-0.2, -0.15) is 5.26 Å². The molecule has 0 spiro atoms. The van der Waals surface area contributed by atoms with E-state index in [9.17, 15) is 10.1 Å². The summed E-state index contributed by atoms with van der Waals surface area (Å²) in [6, 6.07) is 15.6. The van der Waals surface area contributed by atoms with Crippen molar-refractivity contribution in [3.05, 3.63) is 58.4 Å². The molecule has 0 radical (unpaired) electrons. The fourth-order valence-corrected chi connectivity index (χ4v) is 4.66. The molecule has 1 aromatic carbocycles. The Hall–Kier alpha value is -2.33. The van der Waals surface area contributed by atoms with Gasteiger partial charge in [-0.3, -0.25) is 4.79 Å². The van der Waals surface area contributed by atoms with Crippen LogP contribution in [0.5, 0.6) is 0 Å². The van der Waals surface area contributed by atoms with E-state index < -0.39 is 0 Å². The van der Waals surface area contributed by atoms with E-state index in [0.717, 1.165) is 21.7 Å². The fourth-order valence-electron chi connectivity index (χ4n) is 2.94. The molecule has 0 aliphatic heterocycles. The van der Waals surface area contributed by atoms with Gasteiger partial charge in [0.2, 0.25) is 5.91 Å². The number of carbonyl (C=O) groups is 1. The number of halogens is 1. The average Bonchev–Trinajstić information content (AvgIpc) is 3.28. The van der Waals surface area contributed by atoms with E-state index in [1.165, 1.54) is 11.8 Å². The summed E-state index contributed by atoms with van der Waals surface area (Å²) in [6.45, 7) is 5.25. The first kappa shape index (κ1) is 21.4. The summed E-state index contributed by atoms with van der Waals surface area (Å²) < 4.78 is 0. The average molecular weight is 442 g/mol. The lowest BCUT2D eigenvalue weighted by Crippen LogP contribution is -2.31. The molecule has 0 aliphatic rings. The predicted molar refractivity (Wildman–Crippen MR) is 121 cm³/mol. The summed E-state index contributed by atoms with van der Waals surface area (Å²) in [6.07, 6.45) is 0. The van der Waals surface area contributed by atoms with Gasteiger partial charge in [-0.1, -0.05) is 41.6 Å². The van der Waals surface area contributed by atoms with E-state index in [2.05, 4.69) is 6.07 Å². The van der Waals surface area contributed by atoms with Crippen molar-refractivity contribution in [1.82, 2.24) is 9.88 Å². The number of carbonyl (C=O) groups excluding carboxylic acids is 1. The van der Waals surface area contributed by atoms with Gasteiger partial charge in [-0.05, 0) is 49.1 Å². The molecule has 29 heavy (non-hydrogen) atoms. The molecule has 0 fully saturated rings. The number of aromatic nitrogens is 1. The smallest absolute Gasteiger partial charge is 0.232 e. The number of rotatable bonds is 7. The van der Waals surface area contributed by atoms with E-state index in [0.29, 0.717) is 28.7 Å². The first-order chi connectivity index (χ1) is 14.1. The SMILES string of the molecule is CCN(CC)C(=O)CSc1nc(-c2cccs2)cc(-c2ccc(Cl)cc2)c1C#N. The van der Waals surface area contributed by atoms with Crippen LogP contribution in [0.1, 0.15) is 19.4 Å². The first-order valence-corrected chi connectivity index (χ1v) is 11.5. The fraction of sp³-hybridized carbons (Fsp3) is 0.227. The van der Waals surface area contributed by atoms with E-state index in [1.54, 1.807) is 28.4 Å². The maximum absolute atomic E-state index is 12.5. The van der Waals surface area contributed by atoms with Gasteiger partial charge in [-0.15, -0.1) is 11.3 Å². The molecular weight excluding hydrogens is 422 g/mol. The lowest BCUT2D eigenvalue weighted by Gasteiger charge is -2.18. The molecule has 1 amide bonds. The molecule has 148 valence electrons. The predicted octanol–water partition coefficient (Wildman–Crippen LogP) is 5.96. The minimum absolute atomic E-state index is 0.0419. The van der Waals surface area contributed by atoms with Crippen molar-refractivity contribution in [1.29, 1.82) is 5.26 Å². The molecule has 0 saturated heterocycles. The number of hydrogen-bond acceptors (Lipinski definition) is 5. The molecule has 0 aliphatic carbocycles. The van der Waals surface area contributed by atoms with E-state index in [4.69, 9.17) is 16.6 Å². The standard InChI is InChI=1S/C22H20ClN3OS2/c1-3-26(4-2)21(27)14-29-22-18(13-24)17(15-7-9-16(23)10-8-15)12-19(25-22)20-6-5-11-28-20/h5-12H,3-4,14H2,1-2H3. The second-order valence-electron chi connectivity index (χ2n) is 6.19. The molecule has 2 aromatic heterocycles. The van der Waals surface area contributed by atoms with Crippen LogP contribution in [0.3, 0.4) is 0 Å². The lowest BCUT2D eigenvalue weighted by molar-refractivity contribution is -0.127. The summed E-state index contributed by atoms with van der Waals surface area (Å²) in [7, 11) is 0. The minimum atomic E-state index is 0.0419. The number of thioether (sulfide) groups is 1. The number of hydrogen-bond donors (Lipinski definition) is 0. The highest BCUT2D eigenvalue weighted by Gasteiger charge is 2.18. The molecule has 4 nitrogen and oxygen atoms in total. The Morgan fingerprint density at radius 1 is 1.24 bits per heavy atom. The van der Waals surface area contributed by atoms with Gasteiger partial charge in [0, 0.05) is 23.7 Å². The van der Waals surface area contributed by atoms with Crippen LogP contribution in [0, 0.1) is 11.3 Å². The number of thiophene rings is 1. The second kappa shape index (κ2) is 9.93. The summed E-state index contributed by atoms with van der Waals surface area (Å²) in [5, 5.41) is 13.1. The van der Waals surface area contributed by atoms with Crippen LogP contribution in [-0.4, -0.2) is 34.6 Å². The summed E-state index contributed by atoms with van der Waals surface area (Å²) >= 11 is 8.94. The third-order valence-corrected chi connectivity index (χ3v) is 6.58. The topological polar surface area (TPSA) is 57.0 Å². The highest BCUT2D eigenvalue weighted by Crippen LogP contribution is 2.35. The Morgan fingerprint density at radius 2 is 1.97 bits per heavy atom. The highest BCUT2D eigenvalue weighted by atomic mass is 35.5. The van der Waals surface area contributed by atoms with Crippen LogP contribution in [0.2, 0.25) is 5.02 Å². The maximum Gasteiger partial charge on any atom is 0.232 e. The Balaban J connectivity index is 2.05. The van der Waals surface area contributed by atoms with Crippen molar-refractivity contribution in [2.75, 3.05) is 18.8 Å². The summed E-state index contributed by atoms with van der Waals surface area (Å²) in [4.78, 5) is 20.0. The second-order valence-corrected chi connectivity index (χ2v) is 8.53. The molecule has 0 saturated carbocycles. The zero-order chi connectivity index (χ0) is 20.8. The number of amides is 1. The Kier molecular flexibility index (Phi) is 7.32. The van der Waals surface area contributed by atoms with E-state index >= 15 is 0 Å². The van der Waals surface area contributed by atoms with Crippen molar-refractivity contribution in [3.63, 3.8) is 0 Å². The van der Waals surface area contributed by atoms with E-state index in [-0.39, 0.29) is 11.7 Å². The van der Waals surface area contributed by atoms with Crippen molar-refractivity contribution in [3.8, 4) is 27.8 Å². The van der Waals surface area contributed by atoms with Crippen molar-refractivity contribution >= 4 is 40.6 Å². The first-order valence-electron chi connectivity index (χ1n) is 9.22. The van der Waals surface area contributed by atoms with Crippen LogP contribution in [0.25, 0.3) is 21.7 Å². The number of nitrogens with zero attached hydrogens (tertiary/aromatic N) is 3. The molecule has 3 aromatic rings. The van der Waals surface area contributed by atoms with Gasteiger partial charge < -0.3 is 4.90 Å². The van der Waals surface area contributed by atoms with E-state index in [1.807, 2.05) is 49.6 Å². The van der Waals surface area contributed by atoms with Gasteiger partial charge >= 0.3 is 0 Å². The monoisotopic (exact) mass is 441 g/mol. The number of pyridine rings is 1. The molecular formula is C22H20ClN3OS2. The zero-order valence-corrected chi connectivity index (χ0v) is 18.6. The largest absolute Gasteiger partial charge is 0.343 e. The van der Waals surface area contributed by atoms with Crippen LogP contribution < -0.4 is 0 Å². The van der Waals surface area contributed by atoms with Gasteiger partial charge in [0.25, 0.3) is 0 Å². The Bertz CT molecular complexity index is 1020. The molecule has 3 rings (SSSR count). The van der Waals surface area contributed by atoms with Crippen molar-refractivity contribution in [2.45, 2.75) is 18.9 Å². The number of benzene rings is 1. The molecule has 7 heteroatoms. The minimum Gasteiger partial charge on any atom is -0.343 e. The van der Waals surface area contributed by atoms with Crippen LogP contribution in [0.15, 0.2) is 52.9 Å². The van der Waals surface area contributed by atoms with Crippen LogP contribution in [-0.2, 0) is 4.79 Å². The number of nitriles is 1. The maximum atomic E-state index is 12.5. The molecule has 2 heterocycles. The summed E-state index contributed by atoms with van der Waals surface area (Å²) in [5.41, 5.74) is 2.95.